The van der Waals surface area contributed by atoms with Crippen molar-refractivity contribution in [2.45, 2.75) is 19.5 Å². The average molecular weight is 713 g/mol. The molecule has 0 spiro atoms. The van der Waals surface area contributed by atoms with Gasteiger partial charge < -0.3 is 14.7 Å². The van der Waals surface area contributed by atoms with E-state index in [0.29, 0.717) is 86.8 Å². The van der Waals surface area contributed by atoms with Gasteiger partial charge in [0.1, 0.15) is 34.7 Å². The minimum Gasteiger partial charge on any atom is -0.455 e. The lowest BCUT2D eigenvalue weighted by molar-refractivity contribution is 0.0669. The van der Waals surface area contributed by atoms with E-state index in [9.17, 15) is 22.0 Å². The molecule has 4 aromatic heterocycles. The molecule has 0 aliphatic carbocycles. The van der Waals surface area contributed by atoms with Crippen molar-refractivity contribution in [2.75, 3.05) is 37.2 Å². The van der Waals surface area contributed by atoms with Crippen LogP contribution in [0.15, 0.2) is 71.1 Å². The summed E-state index contributed by atoms with van der Waals surface area (Å²) in [5, 5.41) is 3.95. The summed E-state index contributed by atoms with van der Waals surface area (Å²) < 4.78 is 77.4. The van der Waals surface area contributed by atoms with Gasteiger partial charge in [0.25, 0.3) is 5.91 Å². The van der Waals surface area contributed by atoms with E-state index in [1.54, 1.807) is 30.3 Å². The second kappa shape index (κ2) is 12.4. The third kappa shape index (κ3) is 5.73. The van der Waals surface area contributed by atoms with Crippen LogP contribution in [0.5, 0.6) is 0 Å². The lowest BCUT2D eigenvalue weighted by Gasteiger charge is -2.34. The number of anilines is 1. The number of H-pyrrole nitrogens is 1. The van der Waals surface area contributed by atoms with Crippen LogP contribution in [-0.4, -0.2) is 72.8 Å². The summed E-state index contributed by atoms with van der Waals surface area (Å²) in [7, 11) is -2.33. The van der Waals surface area contributed by atoms with Crippen LogP contribution >= 0.6 is 0 Å². The zero-order chi connectivity index (χ0) is 35.6. The Kier molecular flexibility index (Phi) is 7.95. The van der Waals surface area contributed by atoms with E-state index >= 15 is 4.39 Å². The Morgan fingerprint density at radius 1 is 1.04 bits per heavy atom. The maximum atomic E-state index is 15.4. The number of nitrogens with one attached hydrogen (secondary N) is 3. The van der Waals surface area contributed by atoms with Gasteiger partial charge in [-0.2, -0.15) is 0 Å². The summed E-state index contributed by atoms with van der Waals surface area (Å²) in [6, 6.07) is 16.8. The molecule has 1 amide bonds. The molecule has 5 heterocycles. The number of furan rings is 1. The first-order chi connectivity index (χ1) is 24.5. The Labute approximate surface area is 289 Å². The molecule has 10 nitrogen and oxygen atoms in total. The molecule has 3 aromatic carbocycles. The van der Waals surface area contributed by atoms with E-state index in [1.165, 1.54) is 50.4 Å². The normalized spacial score (nSPS) is 14.1. The van der Waals surface area contributed by atoms with Crippen LogP contribution in [0.25, 0.3) is 66.4 Å². The molecule has 8 rings (SSSR count). The molecule has 260 valence electrons. The third-order valence-corrected chi connectivity index (χ3v) is 10.6. The Balaban J connectivity index is 1.36. The molecule has 0 unspecified atom stereocenters. The Morgan fingerprint density at radius 2 is 1.82 bits per heavy atom. The van der Waals surface area contributed by atoms with Crippen LogP contribution in [-0.2, 0) is 16.4 Å². The van der Waals surface area contributed by atoms with Gasteiger partial charge in [0.05, 0.1) is 39.4 Å². The van der Waals surface area contributed by atoms with Crippen molar-refractivity contribution in [1.29, 1.82) is 0 Å². The van der Waals surface area contributed by atoms with Gasteiger partial charge in [-0.1, -0.05) is 6.07 Å². The van der Waals surface area contributed by atoms with E-state index < -0.39 is 33.7 Å². The SMILES string of the molecule is CCS(=O)(=O)Nc1cc2oc(-c3ccc(F)cc3)c(C(=O)NC)c2cc1-c1ccc2nc(CCN3CC(F)C3)c3c([nH]c4cccc(F)c43)c2n1. The van der Waals surface area contributed by atoms with E-state index in [1.807, 2.05) is 4.90 Å². The van der Waals surface area contributed by atoms with E-state index in [-0.39, 0.29) is 28.3 Å². The highest BCUT2D eigenvalue weighted by atomic mass is 32.2. The Hall–Kier alpha value is -5.47. The molecular formula is C37H31F3N6O4S. The van der Waals surface area contributed by atoms with Crippen molar-refractivity contribution in [3.63, 3.8) is 0 Å². The zero-order valence-electron chi connectivity index (χ0n) is 27.5. The number of hydrogen-bond acceptors (Lipinski definition) is 7. The van der Waals surface area contributed by atoms with Gasteiger partial charge in [0, 0.05) is 72.0 Å². The highest BCUT2D eigenvalue weighted by Gasteiger charge is 2.28. The van der Waals surface area contributed by atoms with Crippen LogP contribution in [0.3, 0.4) is 0 Å². The number of nitrogens with zero attached hydrogens (tertiary/aromatic N) is 3. The summed E-state index contributed by atoms with van der Waals surface area (Å²) in [5.41, 5.74) is 4.37. The maximum Gasteiger partial charge on any atom is 0.255 e. The fourth-order valence-electron chi connectivity index (χ4n) is 6.72. The number of pyridine rings is 2. The predicted molar refractivity (Wildman–Crippen MR) is 191 cm³/mol. The molecule has 0 atom stereocenters. The first-order valence-corrected chi connectivity index (χ1v) is 18.0. The summed E-state index contributed by atoms with van der Waals surface area (Å²) in [4.78, 5) is 28.5. The van der Waals surface area contributed by atoms with Crippen molar-refractivity contribution in [1.82, 2.24) is 25.2 Å². The Morgan fingerprint density at radius 3 is 2.55 bits per heavy atom. The molecule has 1 aliphatic heterocycles. The fraction of sp³-hybridized carbons (Fsp3) is 0.216. The number of carbonyl (C=O) groups excluding carboxylic acids is 1. The number of alkyl halides is 1. The highest BCUT2D eigenvalue weighted by Crippen LogP contribution is 2.41. The summed E-state index contributed by atoms with van der Waals surface area (Å²) in [6.07, 6.45) is -0.390. The summed E-state index contributed by atoms with van der Waals surface area (Å²) in [5.74, 6) is -1.39. The zero-order valence-corrected chi connectivity index (χ0v) is 28.3. The first-order valence-electron chi connectivity index (χ1n) is 16.4. The van der Waals surface area contributed by atoms with Gasteiger partial charge in [-0.25, -0.2) is 26.6 Å². The quantitative estimate of drug-likeness (QED) is 0.148. The minimum atomic E-state index is -3.80. The molecule has 1 saturated heterocycles. The molecule has 3 N–H and O–H groups in total. The van der Waals surface area contributed by atoms with Crippen LogP contribution in [0, 0.1) is 11.6 Å². The molecule has 14 heteroatoms. The van der Waals surface area contributed by atoms with Crippen LogP contribution in [0.2, 0.25) is 0 Å². The summed E-state index contributed by atoms with van der Waals surface area (Å²) >= 11 is 0. The smallest absolute Gasteiger partial charge is 0.255 e. The lowest BCUT2D eigenvalue weighted by atomic mass is 10.0. The average Bonchev–Trinajstić information content (AvgIpc) is 3.69. The maximum absolute atomic E-state index is 15.4. The van der Waals surface area contributed by atoms with Crippen LogP contribution < -0.4 is 10.0 Å². The van der Waals surface area contributed by atoms with Crippen molar-refractivity contribution >= 4 is 65.4 Å². The van der Waals surface area contributed by atoms with Crippen molar-refractivity contribution < 1.29 is 30.8 Å². The fourth-order valence-corrected chi connectivity index (χ4v) is 7.36. The molecule has 51 heavy (non-hydrogen) atoms. The van der Waals surface area contributed by atoms with Gasteiger partial charge in [-0.3, -0.25) is 19.4 Å². The van der Waals surface area contributed by atoms with E-state index in [2.05, 4.69) is 15.0 Å². The van der Waals surface area contributed by atoms with Gasteiger partial charge in [0.15, 0.2) is 0 Å². The molecule has 0 bridgehead atoms. The van der Waals surface area contributed by atoms with E-state index in [4.69, 9.17) is 14.4 Å². The van der Waals surface area contributed by atoms with Crippen molar-refractivity contribution in [3.8, 4) is 22.6 Å². The Bertz CT molecular complexity index is 2630. The highest BCUT2D eigenvalue weighted by molar-refractivity contribution is 7.92. The monoisotopic (exact) mass is 712 g/mol. The second-order valence-corrected chi connectivity index (χ2v) is 14.6. The van der Waals surface area contributed by atoms with Gasteiger partial charge in [-0.05, 0) is 61.5 Å². The number of amides is 1. The van der Waals surface area contributed by atoms with Crippen LogP contribution in [0.1, 0.15) is 23.0 Å². The number of carbonyl (C=O) groups is 1. The lowest BCUT2D eigenvalue weighted by Crippen LogP contribution is -2.48. The number of aromatic amines is 1. The number of likely N-dealkylation sites (tertiary alicyclic amines) is 1. The van der Waals surface area contributed by atoms with Crippen LogP contribution in [0.4, 0.5) is 18.9 Å². The van der Waals surface area contributed by atoms with E-state index in [0.717, 1.165) is 0 Å². The minimum absolute atomic E-state index is 0.156. The number of sulfonamides is 1. The topological polar surface area (TPSA) is 133 Å². The number of benzene rings is 3. The molecule has 1 aliphatic rings. The van der Waals surface area contributed by atoms with Crippen molar-refractivity contribution in [3.05, 3.63) is 89.6 Å². The molecule has 7 aromatic rings. The number of aromatic nitrogens is 3. The second-order valence-electron chi connectivity index (χ2n) is 12.6. The summed E-state index contributed by atoms with van der Waals surface area (Å²) in [6.45, 7) is 2.76. The molecular weight excluding hydrogens is 682 g/mol. The number of halogens is 3. The molecule has 0 radical (unpaired) electrons. The number of fused-ring (bicyclic) bond motifs is 6. The van der Waals surface area contributed by atoms with Gasteiger partial charge in [0.2, 0.25) is 10.0 Å². The van der Waals surface area contributed by atoms with Crippen molar-refractivity contribution in [2.24, 2.45) is 0 Å². The first kappa shape index (κ1) is 32.7. The predicted octanol–water partition coefficient (Wildman–Crippen LogP) is 6.94. The molecule has 1 fully saturated rings. The largest absolute Gasteiger partial charge is 0.455 e. The van der Waals surface area contributed by atoms with Gasteiger partial charge >= 0.3 is 0 Å². The number of rotatable bonds is 9. The number of hydrogen-bond donors (Lipinski definition) is 3. The third-order valence-electron chi connectivity index (χ3n) is 9.32. The standard InChI is InChI=1S/C37H31F3N6O4S/c1-3-51(48,49)45-29-16-30-23(31(37(47)41-2)36(50-30)19-7-9-20(38)10-8-19)15-22(29)25-11-12-28-34(43-25)35-33(32-24(40)5-4-6-26(32)44-35)27(42-28)13-14-46-17-21(39)18-46/h4-12,15-16,21,44-45H,3,13-14,17-18H2,1-2H3,(H,41,47). The van der Waals surface area contributed by atoms with Gasteiger partial charge in [-0.15, -0.1) is 0 Å². The molecule has 0 saturated carbocycles.